The van der Waals surface area contributed by atoms with Crippen molar-refractivity contribution in [2.75, 3.05) is 32.8 Å². The van der Waals surface area contributed by atoms with Gasteiger partial charge in [0.25, 0.3) is 0 Å². The zero-order valence-corrected chi connectivity index (χ0v) is 19.0. The number of amides is 1. The molecule has 4 atom stereocenters. The molecule has 3 unspecified atom stereocenters. The average molecular weight is 452 g/mol. The Morgan fingerprint density at radius 1 is 1.00 bits per heavy atom. The van der Waals surface area contributed by atoms with Crippen LogP contribution < -0.4 is 0 Å². The summed E-state index contributed by atoms with van der Waals surface area (Å²) in [6.45, 7) is 3.55. The van der Waals surface area contributed by atoms with E-state index < -0.39 is 6.23 Å². The van der Waals surface area contributed by atoms with Crippen molar-refractivity contribution in [2.24, 2.45) is 5.41 Å². The van der Waals surface area contributed by atoms with Crippen molar-refractivity contribution in [3.8, 4) is 0 Å². The first-order valence-corrected chi connectivity index (χ1v) is 12.6. The second-order valence-electron chi connectivity index (χ2n) is 10.6. The van der Waals surface area contributed by atoms with Gasteiger partial charge in [-0.1, -0.05) is 0 Å². The molecule has 180 valence electrons. The third-order valence-corrected chi connectivity index (χ3v) is 8.75. The third-order valence-electron chi connectivity index (χ3n) is 8.75. The molecule has 8 heteroatoms. The number of hydrogen-bond donors (Lipinski definition) is 2. The number of halogens is 1. The monoisotopic (exact) mass is 451 g/mol. The molecular formula is C24H38FN3O4. The molecule has 0 aromatic carbocycles. The van der Waals surface area contributed by atoms with Gasteiger partial charge >= 0.3 is 6.09 Å². The van der Waals surface area contributed by atoms with E-state index in [-0.39, 0.29) is 35.5 Å². The third kappa shape index (κ3) is 4.19. The van der Waals surface area contributed by atoms with Crippen LogP contribution in [0.4, 0.5) is 9.18 Å². The van der Waals surface area contributed by atoms with E-state index in [1.165, 1.54) is 0 Å². The highest BCUT2D eigenvalue weighted by atomic mass is 19.1. The van der Waals surface area contributed by atoms with Crippen LogP contribution in [0.15, 0.2) is 11.9 Å². The minimum absolute atomic E-state index is 0.137. The van der Waals surface area contributed by atoms with E-state index >= 15 is 4.39 Å². The number of nitrogens with zero attached hydrogens (tertiary/aromatic N) is 3. The van der Waals surface area contributed by atoms with Crippen molar-refractivity contribution in [3.63, 3.8) is 0 Å². The summed E-state index contributed by atoms with van der Waals surface area (Å²) in [7, 11) is 0. The van der Waals surface area contributed by atoms with Gasteiger partial charge in [0.2, 0.25) is 0 Å². The van der Waals surface area contributed by atoms with Gasteiger partial charge < -0.3 is 19.8 Å². The quantitative estimate of drug-likeness (QED) is 0.687. The molecule has 0 aromatic rings. The lowest BCUT2D eigenvalue weighted by Gasteiger charge is -2.47. The first-order chi connectivity index (χ1) is 15.5. The zero-order valence-electron chi connectivity index (χ0n) is 19.0. The Bertz CT molecular complexity index is 728. The van der Waals surface area contributed by atoms with Crippen LogP contribution in [0.25, 0.3) is 0 Å². The fourth-order valence-corrected chi connectivity index (χ4v) is 6.92. The predicted octanol–water partition coefficient (Wildman–Crippen LogP) is 2.62. The predicted molar refractivity (Wildman–Crippen MR) is 118 cm³/mol. The summed E-state index contributed by atoms with van der Waals surface area (Å²) in [6.07, 6.45) is 9.27. The molecule has 5 aliphatic rings. The second kappa shape index (κ2) is 9.20. The van der Waals surface area contributed by atoms with Gasteiger partial charge in [0.15, 0.2) is 0 Å². The molecule has 0 radical (unpaired) electrons. The first-order valence-electron chi connectivity index (χ1n) is 12.6. The van der Waals surface area contributed by atoms with E-state index in [1.807, 2.05) is 0 Å². The van der Waals surface area contributed by atoms with Crippen LogP contribution in [-0.4, -0.2) is 94.2 Å². The lowest BCUT2D eigenvalue weighted by Crippen LogP contribution is -2.55. The van der Waals surface area contributed by atoms with Crippen LogP contribution in [0.2, 0.25) is 0 Å². The number of aliphatic hydroxyl groups excluding tert-OH is 2. The van der Waals surface area contributed by atoms with Crippen molar-refractivity contribution in [1.82, 2.24) is 14.7 Å². The molecule has 3 aliphatic heterocycles. The summed E-state index contributed by atoms with van der Waals surface area (Å²) in [5.41, 5.74) is -0.192. The number of ether oxygens (including phenoxy) is 1. The minimum atomic E-state index is -0.489. The maximum absolute atomic E-state index is 15.3. The molecule has 0 aromatic heterocycles. The highest BCUT2D eigenvalue weighted by Gasteiger charge is 2.51. The Morgan fingerprint density at radius 3 is 2.56 bits per heavy atom. The number of carbonyl (C=O) groups is 1. The molecular weight excluding hydrogens is 413 g/mol. The van der Waals surface area contributed by atoms with Crippen LogP contribution in [-0.2, 0) is 4.74 Å². The Balaban J connectivity index is 1.24. The van der Waals surface area contributed by atoms with Gasteiger partial charge in [-0.25, -0.2) is 9.18 Å². The first kappa shape index (κ1) is 22.6. The van der Waals surface area contributed by atoms with E-state index in [0.717, 1.165) is 77.4 Å². The highest BCUT2D eigenvalue weighted by molar-refractivity contribution is 5.69. The van der Waals surface area contributed by atoms with Gasteiger partial charge in [0.05, 0.1) is 24.8 Å². The second-order valence-corrected chi connectivity index (χ2v) is 10.6. The number of carbonyl (C=O) groups excluding carboxylic acids is 1. The van der Waals surface area contributed by atoms with Crippen molar-refractivity contribution in [1.29, 1.82) is 0 Å². The molecule has 3 saturated heterocycles. The fraction of sp³-hybridized carbons (Fsp3) is 0.875. The summed E-state index contributed by atoms with van der Waals surface area (Å²) < 4.78 is 20.4. The van der Waals surface area contributed by atoms with E-state index in [9.17, 15) is 15.0 Å². The standard InChI is InChI=1S/C24H38FN3O4/c25-20-15-18(28-12-2-14-32-23(28)31)5-8-21(20)26-11-1-9-24(16-26)10-13-27(22(24)30)17-3-6-19(29)7-4-17/h15,17-19,21-22,29-30H,1-14,16H2/t17?,18?,19?,21?,22?,24-/m1/s1. The summed E-state index contributed by atoms with van der Waals surface area (Å²) in [6, 6.07) is -0.123. The topological polar surface area (TPSA) is 76.5 Å². The molecule has 2 N–H and O–H groups in total. The molecule has 32 heavy (non-hydrogen) atoms. The van der Waals surface area contributed by atoms with Crippen LogP contribution >= 0.6 is 0 Å². The Hall–Kier alpha value is -1.22. The van der Waals surface area contributed by atoms with E-state index in [1.54, 1.807) is 11.0 Å². The Kier molecular flexibility index (Phi) is 6.49. The highest BCUT2D eigenvalue weighted by Crippen LogP contribution is 2.46. The summed E-state index contributed by atoms with van der Waals surface area (Å²) in [5, 5.41) is 21.2. The number of cyclic esters (lactones) is 1. The van der Waals surface area contributed by atoms with Gasteiger partial charge in [-0.15, -0.1) is 0 Å². The largest absolute Gasteiger partial charge is 0.449 e. The summed E-state index contributed by atoms with van der Waals surface area (Å²) >= 11 is 0. The van der Waals surface area contributed by atoms with E-state index in [4.69, 9.17) is 4.74 Å². The Morgan fingerprint density at radius 2 is 1.81 bits per heavy atom. The molecule has 3 heterocycles. The molecule has 5 rings (SSSR count). The molecule has 1 saturated carbocycles. The number of rotatable bonds is 3. The average Bonchev–Trinajstić information content (AvgIpc) is 3.10. The lowest BCUT2D eigenvalue weighted by molar-refractivity contribution is -0.0985. The van der Waals surface area contributed by atoms with Crippen LogP contribution in [0.5, 0.6) is 0 Å². The number of aliphatic hydroxyl groups is 2. The minimum Gasteiger partial charge on any atom is -0.449 e. The summed E-state index contributed by atoms with van der Waals surface area (Å²) in [5.74, 6) is -0.137. The van der Waals surface area contributed by atoms with Gasteiger partial charge in [0, 0.05) is 31.1 Å². The van der Waals surface area contributed by atoms with Crippen molar-refractivity contribution in [3.05, 3.63) is 11.9 Å². The maximum atomic E-state index is 15.3. The van der Waals surface area contributed by atoms with Crippen molar-refractivity contribution in [2.45, 2.75) is 94.7 Å². The maximum Gasteiger partial charge on any atom is 0.410 e. The smallest absolute Gasteiger partial charge is 0.410 e. The van der Waals surface area contributed by atoms with Gasteiger partial charge in [-0.05, 0) is 76.8 Å². The Labute approximate surface area is 190 Å². The van der Waals surface area contributed by atoms with Gasteiger partial charge in [-0.3, -0.25) is 9.80 Å². The molecule has 1 amide bonds. The number of hydrogen-bond acceptors (Lipinski definition) is 6. The van der Waals surface area contributed by atoms with Gasteiger partial charge in [0.1, 0.15) is 12.1 Å². The summed E-state index contributed by atoms with van der Waals surface area (Å²) in [4.78, 5) is 18.2. The number of likely N-dealkylation sites (tertiary alicyclic amines) is 2. The van der Waals surface area contributed by atoms with E-state index in [0.29, 0.717) is 25.6 Å². The SMILES string of the molecule is O=C1OCCCN1C1C=C(F)C(N2CCC[C@@]3(CCN(C4CCC(O)CC4)C3O)C2)CC1. The molecule has 1 spiro atoms. The van der Waals surface area contributed by atoms with Crippen LogP contribution in [0.3, 0.4) is 0 Å². The lowest BCUT2D eigenvalue weighted by atomic mass is 9.76. The van der Waals surface area contributed by atoms with Crippen molar-refractivity contribution >= 4 is 6.09 Å². The van der Waals surface area contributed by atoms with Crippen LogP contribution in [0, 0.1) is 5.41 Å². The van der Waals surface area contributed by atoms with Crippen LogP contribution in [0.1, 0.15) is 64.2 Å². The molecule has 2 aliphatic carbocycles. The molecule has 4 fully saturated rings. The fourth-order valence-electron chi connectivity index (χ4n) is 6.92. The number of piperidine rings is 1. The van der Waals surface area contributed by atoms with E-state index in [2.05, 4.69) is 9.80 Å². The zero-order chi connectivity index (χ0) is 22.3. The molecule has 0 bridgehead atoms. The normalized spacial score (nSPS) is 42.2. The van der Waals surface area contributed by atoms with Crippen molar-refractivity contribution < 1.29 is 24.1 Å². The van der Waals surface area contributed by atoms with Gasteiger partial charge in [-0.2, -0.15) is 0 Å². The molecule has 7 nitrogen and oxygen atoms in total.